The van der Waals surface area contributed by atoms with Crippen LogP contribution in [0.25, 0.3) is 0 Å². The highest BCUT2D eigenvalue weighted by Gasteiger charge is 2.15. The number of hydrogen-bond donors (Lipinski definition) is 1. The summed E-state index contributed by atoms with van der Waals surface area (Å²) in [5.41, 5.74) is 9.09. The third-order valence-electron chi connectivity index (χ3n) is 3.52. The third kappa shape index (κ3) is 3.81. The molecule has 0 amide bonds. The monoisotopic (exact) mass is 419 g/mol. The predicted octanol–water partition coefficient (Wildman–Crippen LogP) is 5.33. The number of hydrogen-bond acceptors (Lipinski definition) is 1. The zero-order chi connectivity index (χ0) is 13.0. The van der Waals surface area contributed by atoms with E-state index in [0.29, 0.717) is 0 Å². The van der Waals surface area contributed by atoms with Crippen molar-refractivity contribution in [2.45, 2.75) is 44.6 Å². The topological polar surface area (TPSA) is 26.0 Å². The lowest BCUT2D eigenvalue weighted by Gasteiger charge is -2.20. The average molecular weight is 420 g/mol. The zero-order valence-corrected chi connectivity index (χ0v) is 14.2. The Labute approximate surface area is 131 Å². The number of allylic oxidation sites excluding steroid dienone is 1. The minimum Gasteiger partial charge on any atom is -0.321 e. The van der Waals surface area contributed by atoms with Crippen molar-refractivity contribution in [2.24, 2.45) is 5.73 Å². The van der Waals surface area contributed by atoms with Crippen LogP contribution in [0, 0.1) is 3.57 Å². The maximum absolute atomic E-state index is 6.46. The largest absolute Gasteiger partial charge is 0.321 e. The fraction of sp³-hybridized carbons (Fsp3) is 0.467. The SMILES string of the molecule is NC(/C1=C/CCCCCC1)c1cc(I)ccc1Br. The number of benzene rings is 1. The molecule has 0 heterocycles. The van der Waals surface area contributed by atoms with Gasteiger partial charge in [0.25, 0.3) is 0 Å². The Morgan fingerprint density at radius 2 is 1.94 bits per heavy atom. The van der Waals surface area contributed by atoms with E-state index in [0.717, 1.165) is 10.9 Å². The first-order chi connectivity index (χ1) is 8.68. The van der Waals surface area contributed by atoms with Gasteiger partial charge in [-0.25, -0.2) is 0 Å². The van der Waals surface area contributed by atoms with Crippen LogP contribution in [0.3, 0.4) is 0 Å². The van der Waals surface area contributed by atoms with Crippen LogP contribution in [0.5, 0.6) is 0 Å². The lowest BCUT2D eigenvalue weighted by Crippen LogP contribution is -2.15. The van der Waals surface area contributed by atoms with Crippen LogP contribution in [0.15, 0.2) is 34.3 Å². The van der Waals surface area contributed by atoms with Gasteiger partial charge in [-0.1, -0.05) is 40.4 Å². The molecule has 0 radical (unpaired) electrons. The molecule has 0 bridgehead atoms. The van der Waals surface area contributed by atoms with Gasteiger partial charge in [-0.05, 0) is 72.0 Å². The van der Waals surface area contributed by atoms with Gasteiger partial charge in [-0.15, -0.1) is 0 Å². The number of rotatable bonds is 2. The quantitative estimate of drug-likeness (QED) is 0.508. The lowest BCUT2D eigenvalue weighted by molar-refractivity contribution is 0.602. The third-order valence-corrected chi connectivity index (χ3v) is 4.91. The molecule has 0 saturated heterocycles. The number of halogens is 2. The molecular formula is C15H19BrIN. The first-order valence-corrected chi connectivity index (χ1v) is 8.45. The molecule has 18 heavy (non-hydrogen) atoms. The molecule has 3 heteroatoms. The van der Waals surface area contributed by atoms with Crippen molar-refractivity contribution in [1.82, 2.24) is 0 Å². The molecule has 1 nitrogen and oxygen atoms in total. The van der Waals surface area contributed by atoms with Crippen molar-refractivity contribution in [1.29, 1.82) is 0 Å². The lowest BCUT2D eigenvalue weighted by atomic mass is 9.91. The minimum absolute atomic E-state index is 0.0483. The van der Waals surface area contributed by atoms with Crippen molar-refractivity contribution in [3.63, 3.8) is 0 Å². The van der Waals surface area contributed by atoms with Crippen molar-refractivity contribution in [3.8, 4) is 0 Å². The van der Waals surface area contributed by atoms with Crippen LogP contribution >= 0.6 is 38.5 Å². The molecule has 0 spiro atoms. The van der Waals surface area contributed by atoms with Gasteiger partial charge >= 0.3 is 0 Å². The smallest absolute Gasteiger partial charge is 0.0522 e. The molecule has 0 aliphatic heterocycles. The van der Waals surface area contributed by atoms with Crippen molar-refractivity contribution >= 4 is 38.5 Å². The molecule has 2 rings (SSSR count). The Morgan fingerprint density at radius 1 is 1.17 bits per heavy atom. The first-order valence-electron chi connectivity index (χ1n) is 6.58. The zero-order valence-electron chi connectivity index (χ0n) is 10.5. The van der Waals surface area contributed by atoms with Gasteiger partial charge in [-0.2, -0.15) is 0 Å². The van der Waals surface area contributed by atoms with Gasteiger partial charge in [0.2, 0.25) is 0 Å². The Kier molecular flexibility index (Phi) is 5.70. The second-order valence-corrected chi connectivity index (χ2v) is 6.98. The molecule has 1 aromatic carbocycles. The summed E-state index contributed by atoms with van der Waals surface area (Å²) in [6.45, 7) is 0. The van der Waals surface area contributed by atoms with E-state index in [1.54, 1.807) is 0 Å². The molecule has 2 N–H and O–H groups in total. The Balaban J connectivity index is 2.23. The highest BCUT2D eigenvalue weighted by Crippen LogP contribution is 2.32. The van der Waals surface area contributed by atoms with Crippen molar-refractivity contribution in [2.75, 3.05) is 0 Å². The van der Waals surface area contributed by atoms with Gasteiger partial charge in [0, 0.05) is 8.04 Å². The predicted molar refractivity (Wildman–Crippen MR) is 89.6 cm³/mol. The summed E-state index contributed by atoms with van der Waals surface area (Å²) < 4.78 is 2.37. The van der Waals surface area contributed by atoms with E-state index in [4.69, 9.17) is 5.73 Å². The van der Waals surface area contributed by atoms with E-state index in [-0.39, 0.29) is 6.04 Å². The fourth-order valence-electron chi connectivity index (χ4n) is 2.45. The molecule has 0 fully saturated rings. The standard InChI is InChI=1S/C15H19BrIN/c16-14-9-8-12(17)10-13(14)15(18)11-6-4-2-1-3-5-7-11/h6,8-10,15H,1-5,7,18H2/b11-6+. The van der Waals surface area contributed by atoms with Gasteiger partial charge in [-0.3, -0.25) is 0 Å². The van der Waals surface area contributed by atoms with Crippen molar-refractivity contribution < 1.29 is 0 Å². The summed E-state index contributed by atoms with van der Waals surface area (Å²) in [5.74, 6) is 0. The molecule has 1 aliphatic carbocycles. The molecule has 98 valence electrons. The van der Waals surface area contributed by atoms with E-state index < -0.39 is 0 Å². The van der Waals surface area contributed by atoms with Gasteiger partial charge in [0.15, 0.2) is 0 Å². The molecule has 0 saturated carbocycles. The van der Waals surface area contributed by atoms with E-state index in [1.807, 2.05) is 0 Å². The van der Waals surface area contributed by atoms with E-state index in [2.05, 4.69) is 62.8 Å². The van der Waals surface area contributed by atoms with E-state index in [1.165, 1.54) is 46.8 Å². The number of nitrogens with two attached hydrogens (primary N) is 1. The second-order valence-electron chi connectivity index (χ2n) is 4.88. The summed E-state index contributed by atoms with van der Waals surface area (Å²) in [6.07, 6.45) is 10.0. The van der Waals surface area contributed by atoms with Gasteiger partial charge in [0.1, 0.15) is 0 Å². The van der Waals surface area contributed by atoms with E-state index >= 15 is 0 Å². The molecule has 0 aromatic heterocycles. The fourth-order valence-corrected chi connectivity index (χ4v) is 3.46. The highest BCUT2D eigenvalue weighted by atomic mass is 127. The highest BCUT2D eigenvalue weighted by molar-refractivity contribution is 14.1. The Bertz CT molecular complexity index is 442. The van der Waals surface area contributed by atoms with Crippen LogP contribution in [-0.4, -0.2) is 0 Å². The van der Waals surface area contributed by atoms with Crippen LogP contribution in [0.4, 0.5) is 0 Å². The first kappa shape index (κ1) is 14.5. The summed E-state index contributed by atoms with van der Waals surface area (Å²) >= 11 is 5.97. The van der Waals surface area contributed by atoms with Crippen molar-refractivity contribution in [3.05, 3.63) is 43.5 Å². The van der Waals surface area contributed by atoms with E-state index in [9.17, 15) is 0 Å². The average Bonchev–Trinajstić information content (AvgIpc) is 2.31. The van der Waals surface area contributed by atoms with Crippen LogP contribution in [0.1, 0.15) is 50.1 Å². The minimum atomic E-state index is 0.0483. The summed E-state index contributed by atoms with van der Waals surface area (Å²) in [5, 5.41) is 0. The maximum Gasteiger partial charge on any atom is 0.0522 e. The second kappa shape index (κ2) is 7.06. The summed E-state index contributed by atoms with van der Waals surface area (Å²) in [7, 11) is 0. The maximum atomic E-state index is 6.46. The Hall–Kier alpha value is 0.130. The normalized spacial score (nSPS) is 21.6. The van der Waals surface area contributed by atoms with Crippen LogP contribution in [-0.2, 0) is 0 Å². The molecular weight excluding hydrogens is 401 g/mol. The molecule has 1 aromatic rings. The van der Waals surface area contributed by atoms with Crippen LogP contribution < -0.4 is 5.73 Å². The van der Waals surface area contributed by atoms with Gasteiger partial charge in [0.05, 0.1) is 6.04 Å². The summed E-state index contributed by atoms with van der Waals surface area (Å²) in [6, 6.07) is 6.44. The molecule has 1 unspecified atom stereocenters. The van der Waals surface area contributed by atoms with Gasteiger partial charge < -0.3 is 5.73 Å². The van der Waals surface area contributed by atoms with Crippen LogP contribution in [0.2, 0.25) is 0 Å². The summed E-state index contributed by atoms with van der Waals surface area (Å²) in [4.78, 5) is 0. The Morgan fingerprint density at radius 3 is 2.78 bits per heavy atom. The molecule has 1 aliphatic rings. The molecule has 1 atom stereocenters.